The first-order valence-corrected chi connectivity index (χ1v) is 7.12. The molecule has 2 rings (SSSR count). The van der Waals surface area contributed by atoms with Crippen molar-refractivity contribution < 1.29 is 9.13 Å². The first-order chi connectivity index (χ1) is 10.1. The van der Waals surface area contributed by atoms with Gasteiger partial charge in [0.05, 0.1) is 11.6 Å². The number of aromatic nitrogens is 2. The van der Waals surface area contributed by atoms with Crippen LogP contribution in [0.3, 0.4) is 0 Å². The van der Waals surface area contributed by atoms with Crippen molar-refractivity contribution in [1.82, 2.24) is 9.97 Å². The second-order valence-electron chi connectivity index (χ2n) is 4.62. The first kappa shape index (κ1) is 15.5. The third kappa shape index (κ3) is 4.56. The fourth-order valence-electron chi connectivity index (χ4n) is 1.73. The van der Waals surface area contributed by atoms with E-state index in [4.69, 9.17) is 16.3 Å². The van der Waals surface area contributed by atoms with Gasteiger partial charge in [0.15, 0.2) is 0 Å². The Balaban J connectivity index is 2.05. The molecule has 0 saturated heterocycles. The van der Waals surface area contributed by atoms with Gasteiger partial charge in [-0.3, -0.25) is 0 Å². The Morgan fingerprint density at radius 2 is 2.10 bits per heavy atom. The summed E-state index contributed by atoms with van der Waals surface area (Å²) in [6.45, 7) is 4.98. The number of aryl methyl sites for hydroxylation is 1. The van der Waals surface area contributed by atoms with Gasteiger partial charge in [0.1, 0.15) is 5.82 Å². The molecule has 1 aromatic carbocycles. The molecular formula is C15H17ClFN3O. The van der Waals surface area contributed by atoms with Crippen molar-refractivity contribution in [1.29, 1.82) is 0 Å². The SMILES string of the molecule is CCCOc1cc(C)nc(NCc2ccc(F)c(Cl)c2)n1. The molecule has 1 heterocycles. The lowest BCUT2D eigenvalue weighted by atomic mass is 10.2. The highest BCUT2D eigenvalue weighted by molar-refractivity contribution is 6.30. The van der Waals surface area contributed by atoms with Crippen molar-refractivity contribution in [3.05, 3.63) is 46.4 Å². The van der Waals surface area contributed by atoms with E-state index >= 15 is 0 Å². The van der Waals surface area contributed by atoms with E-state index in [0.29, 0.717) is 25.0 Å². The lowest BCUT2D eigenvalue weighted by Crippen LogP contribution is -2.06. The van der Waals surface area contributed by atoms with Gasteiger partial charge in [-0.2, -0.15) is 4.98 Å². The summed E-state index contributed by atoms with van der Waals surface area (Å²) in [5.41, 5.74) is 1.67. The highest BCUT2D eigenvalue weighted by atomic mass is 35.5. The molecule has 1 aromatic heterocycles. The van der Waals surface area contributed by atoms with Crippen LogP contribution in [0.1, 0.15) is 24.6 Å². The summed E-state index contributed by atoms with van der Waals surface area (Å²) in [6, 6.07) is 6.37. The zero-order chi connectivity index (χ0) is 15.2. The normalized spacial score (nSPS) is 10.5. The Bertz CT molecular complexity index is 622. The van der Waals surface area contributed by atoms with Crippen molar-refractivity contribution in [3.63, 3.8) is 0 Å². The fraction of sp³-hybridized carbons (Fsp3) is 0.333. The standard InChI is InChI=1S/C15H17ClFN3O/c1-3-6-21-14-7-10(2)19-15(20-14)18-9-11-4-5-13(17)12(16)8-11/h4-5,7-8H,3,6,9H2,1-2H3,(H,18,19,20). The summed E-state index contributed by atoms with van der Waals surface area (Å²) in [6.07, 6.45) is 0.917. The predicted octanol–water partition coefficient (Wildman–Crippen LogP) is 3.98. The summed E-state index contributed by atoms with van der Waals surface area (Å²) in [4.78, 5) is 8.56. The third-order valence-electron chi connectivity index (χ3n) is 2.72. The van der Waals surface area contributed by atoms with Crippen LogP contribution in [-0.4, -0.2) is 16.6 Å². The Kier molecular flexibility index (Phi) is 5.33. The Hall–Kier alpha value is -1.88. The van der Waals surface area contributed by atoms with Gasteiger partial charge in [0.25, 0.3) is 0 Å². The smallest absolute Gasteiger partial charge is 0.226 e. The summed E-state index contributed by atoms with van der Waals surface area (Å²) >= 11 is 5.75. The molecular weight excluding hydrogens is 293 g/mol. The Labute approximate surface area is 128 Å². The first-order valence-electron chi connectivity index (χ1n) is 6.74. The highest BCUT2D eigenvalue weighted by Crippen LogP contribution is 2.17. The number of rotatable bonds is 6. The maximum absolute atomic E-state index is 13.1. The molecule has 2 aromatic rings. The number of hydrogen-bond donors (Lipinski definition) is 1. The molecule has 21 heavy (non-hydrogen) atoms. The molecule has 0 fully saturated rings. The van der Waals surface area contributed by atoms with Gasteiger partial charge in [-0.05, 0) is 31.0 Å². The van der Waals surface area contributed by atoms with Gasteiger partial charge in [-0.15, -0.1) is 0 Å². The second-order valence-corrected chi connectivity index (χ2v) is 5.03. The number of halogens is 2. The van der Waals surface area contributed by atoms with Crippen LogP contribution in [0.2, 0.25) is 5.02 Å². The third-order valence-corrected chi connectivity index (χ3v) is 3.01. The fourth-order valence-corrected chi connectivity index (χ4v) is 1.93. The summed E-state index contributed by atoms with van der Waals surface area (Å²) in [5.74, 6) is 0.591. The van der Waals surface area contributed by atoms with E-state index in [-0.39, 0.29) is 5.02 Å². The minimum absolute atomic E-state index is 0.103. The molecule has 0 saturated carbocycles. The lowest BCUT2D eigenvalue weighted by Gasteiger charge is -2.09. The Morgan fingerprint density at radius 3 is 2.81 bits per heavy atom. The molecule has 0 bridgehead atoms. The summed E-state index contributed by atoms with van der Waals surface area (Å²) < 4.78 is 18.6. The maximum Gasteiger partial charge on any atom is 0.226 e. The van der Waals surface area contributed by atoms with Crippen LogP contribution in [-0.2, 0) is 6.54 Å². The van der Waals surface area contributed by atoms with Crippen LogP contribution in [0.4, 0.5) is 10.3 Å². The molecule has 0 radical (unpaired) electrons. The molecule has 0 aliphatic rings. The molecule has 6 heteroatoms. The van der Waals surface area contributed by atoms with E-state index in [0.717, 1.165) is 17.7 Å². The van der Waals surface area contributed by atoms with Crippen LogP contribution in [0, 0.1) is 12.7 Å². The van der Waals surface area contributed by atoms with Crippen molar-refractivity contribution >= 4 is 17.5 Å². The van der Waals surface area contributed by atoms with Gasteiger partial charge in [-0.25, -0.2) is 9.37 Å². The van der Waals surface area contributed by atoms with Crippen molar-refractivity contribution in [2.75, 3.05) is 11.9 Å². The summed E-state index contributed by atoms with van der Waals surface area (Å²) in [5, 5.41) is 3.19. The van der Waals surface area contributed by atoms with E-state index in [2.05, 4.69) is 15.3 Å². The molecule has 0 atom stereocenters. The average molecular weight is 310 g/mol. The van der Waals surface area contributed by atoms with Gasteiger partial charge in [0.2, 0.25) is 11.8 Å². The highest BCUT2D eigenvalue weighted by Gasteiger charge is 2.05. The van der Waals surface area contributed by atoms with Gasteiger partial charge >= 0.3 is 0 Å². The van der Waals surface area contributed by atoms with Crippen LogP contribution in [0.5, 0.6) is 5.88 Å². The zero-order valence-corrected chi connectivity index (χ0v) is 12.7. The molecule has 112 valence electrons. The van der Waals surface area contributed by atoms with Gasteiger partial charge in [0, 0.05) is 18.3 Å². The quantitative estimate of drug-likeness (QED) is 0.877. The molecule has 0 aliphatic carbocycles. The molecule has 0 amide bonds. The average Bonchev–Trinajstić information content (AvgIpc) is 2.46. The molecule has 0 aliphatic heterocycles. The monoisotopic (exact) mass is 309 g/mol. The molecule has 0 unspecified atom stereocenters. The van der Waals surface area contributed by atoms with Crippen molar-refractivity contribution in [3.8, 4) is 5.88 Å². The number of ether oxygens (including phenoxy) is 1. The lowest BCUT2D eigenvalue weighted by molar-refractivity contribution is 0.305. The maximum atomic E-state index is 13.1. The number of hydrogen-bond acceptors (Lipinski definition) is 4. The van der Waals surface area contributed by atoms with Crippen LogP contribution in [0.15, 0.2) is 24.3 Å². The van der Waals surface area contributed by atoms with Gasteiger partial charge < -0.3 is 10.1 Å². The predicted molar refractivity (Wildman–Crippen MR) is 81.3 cm³/mol. The topological polar surface area (TPSA) is 47.0 Å². The number of nitrogens with zero attached hydrogens (tertiary/aromatic N) is 2. The Morgan fingerprint density at radius 1 is 1.29 bits per heavy atom. The largest absolute Gasteiger partial charge is 0.478 e. The van der Waals surface area contributed by atoms with E-state index < -0.39 is 5.82 Å². The zero-order valence-electron chi connectivity index (χ0n) is 12.0. The van der Waals surface area contributed by atoms with Crippen LogP contribution >= 0.6 is 11.6 Å². The number of anilines is 1. The minimum Gasteiger partial charge on any atom is -0.478 e. The van der Waals surface area contributed by atoms with E-state index in [1.54, 1.807) is 18.2 Å². The van der Waals surface area contributed by atoms with E-state index in [1.165, 1.54) is 6.07 Å². The van der Waals surface area contributed by atoms with Gasteiger partial charge in [-0.1, -0.05) is 24.6 Å². The van der Waals surface area contributed by atoms with Crippen LogP contribution < -0.4 is 10.1 Å². The van der Waals surface area contributed by atoms with E-state index in [9.17, 15) is 4.39 Å². The molecule has 1 N–H and O–H groups in total. The summed E-state index contributed by atoms with van der Waals surface area (Å²) in [7, 11) is 0. The molecule has 4 nitrogen and oxygen atoms in total. The second kappa shape index (κ2) is 7.22. The van der Waals surface area contributed by atoms with Crippen molar-refractivity contribution in [2.45, 2.75) is 26.8 Å². The van der Waals surface area contributed by atoms with Crippen molar-refractivity contribution in [2.24, 2.45) is 0 Å². The minimum atomic E-state index is -0.428. The number of benzene rings is 1. The molecule has 0 spiro atoms. The van der Waals surface area contributed by atoms with Crippen LogP contribution in [0.25, 0.3) is 0 Å². The number of nitrogens with one attached hydrogen (secondary N) is 1. The van der Waals surface area contributed by atoms with E-state index in [1.807, 2.05) is 13.8 Å².